The lowest BCUT2D eigenvalue weighted by molar-refractivity contribution is -0.193. The maximum Gasteiger partial charge on any atom is 0.490 e. The van der Waals surface area contributed by atoms with Gasteiger partial charge in [0.15, 0.2) is 0 Å². The Kier molecular flexibility index (Phi) is 12.3. The van der Waals surface area contributed by atoms with E-state index in [0.717, 1.165) is 19.7 Å². The van der Waals surface area contributed by atoms with Crippen LogP contribution in [0.4, 0.5) is 26.3 Å². The minimum absolute atomic E-state index is 0.429. The summed E-state index contributed by atoms with van der Waals surface area (Å²) in [5, 5.41) is 16.4. The van der Waals surface area contributed by atoms with E-state index < -0.39 is 24.3 Å². The number of thiophene rings is 1. The molecule has 224 valence electrons. The molecule has 1 atom stereocenters. The van der Waals surface area contributed by atoms with Crippen LogP contribution in [0.3, 0.4) is 0 Å². The van der Waals surface area contributed by atoms with Crippen molar-refractivity contribution in [2.45, 2.75) is 38.3 Å². The number of carboxylic acids is 2. The Hall–Kier alpha value is -2.75. The van der Waals surface area contributed by atoms with E-state index in [1.807, 2.05) is 36.9 Å². The number of ether oxygens (including phenoxy) is 1. The number of alkyl halides is 6. The zero-order valence-corrected chi connectivity index (χ0v) is 22.4. The highest BCUT2D eigenvalue weighted by Crippen LogP contribution is 2.45. The number of aromatic nitrogens is 1. The number of carbonyl (C=O) groups is 2. The van der Waals surface area contributed by atoms with E-state index >= 15 is 0 Å². The Bertz CT molecular complexity index is 1020. The molecule has 2 aliphatic rings. The first-order chi connectivity index (χ1) is 18.7. The van der Waals surface area contributed by atoms with Gasteiger partial charge in [-0.25, -0.2) is 9.59 Å². The molecule has 0 amide bonds. The Labute approximate surface area is 231 Å². The molecule has 2 N–H and O–H groups in total. The molecular formula is C25H31F6N3O5S. The van der Waals surface area contributed by atoms with Gasteiger partial charge in [0.2, 0.25) is 0 Å². The fourth-order valence-corrected chi connectivity index (χ4v) is 5.54. The maximum atomic E-state index is 10.6. The second-order valence-electron chi connectivity index (χ2n) is 9.51. The third kappa shape index (κ3) is 10.7. The minimum Gasteiger partial charge on any atom is -0.475 e. The number of rotatable bonds is 6. The van der Waals surface area contributed by atoms with Crippen molar-refractivity contribution in [2.75, 3.05) is 39.9 Å². The molecule has 2 aliphatic heterocycles. The Morgan fingerprint density at radius 2 is 1.62 bits per heavy atom. The maximum absolute atomic E-state index is 10.6. The van der Waals surface area contributed by atoms with Crippen LogP contribution in [0.5, 0.6) is 0 Å². The van der Waals surface area contributed by atoms with E-state index in [-0.39, 0.29) is 0 Å². The number of carboxylic acid groups (broad SMARTS) is 2. The molecule has 1 unspecified atom stereocenters. The molecule has 2 fully saturated rings. The number of nitrogens with zero attached hydrogens (tertiary/aromatic N) is 3. The van der Waals surface area contributed by atoms with Gasteiger partial charge in [0.05, 0.1) is 6.61 Å². The summed E-state index contributed by atoms with van der Waals surface area (Å²) in [4.78, 5) is 28.8. The molecule has 0 aliphatic carbocycles. The molecule has 4 heterocycles. The van der Waals surface area contributed by atoms with E-state index in [1.165, 1.54) is 49.5 Å². The molecule has 0 bridgehead atoms. The van der Waals surface area contributed by atoms with Gasteiger partial charge < -0.3 is 14.9 Å². The highest BCUT2D eigenvalue weighted by atomic mass is 32.1. The fraction of sp³-hybridized carbons (Fsp3) is 0.560. The normalized spacial score (nSPS) is 19.3. The average Bonchev–Trinajstić information content (AvgIpc) is 3.49. The molecule has 0 radical (unpaired) electrons. The lowest BCUT2D eigenvalue weighted by Gasteiger charge is -2.42. The number of aliphatic carboxylic acids is 2. The highest BCUT2D eigenvalue weighted by molar-refractivity contribution is 7.09. The number of likely N-dealkylation sites (tertiary alicyclic amines) is 2. The first kappa shape index (κ1) is 33.5. The van der Waals surface area contributed by atoms with Gasteiger partial charge in [-0.05, 0) is 54.4 Å². The van der Waals surface area contributed by atoms with Crippen molar-refractivity contribution in [1.82, 2.24) is 14.8 Å². The molecule has 1 spiro atoms. The van der Waals surface area contributed by atoms with Crippen molar-refractivity contribution >= 4 is 23.3 Å². The smallest absolute Gasteiger partial charge is 0.475 e. The third-order valence-electron chi connectivity index (χ3n) is 6.68. The zero-order chi connectivity index (χ0) is 30.0. The van der Waals surface area contributed by atoms with Crippen LogP contribution in [-0.4, -0.2) is 89.2 Å². The first-order valence-corrected chi connectivity index (χ1v) is 13.0. The quantitative estimate of drug-likeness (QED) is 0.458. The molecule has 2 aromatic heterocycles. The summed E-state index contributed by atoms with van der Waals surface area (Å²) in [5.74, 6) is -4.85. The van der Waals surface area contributed by atoms with Crippen LogP contribution in [0.1, 0.15) is 23.3 Å². The Morgan fingerprint density at radius 3 is 2.08 bits per heavy atom. The second kappa shape index (κ2) is 14.8. The standard InChI is InChI=1S/C21H29N3OS.2C2HF3O2/c1-25-16-19-14-24(15-20-5-3-11-26-20)17-21(19)6-9-23(10-7-21)13-18-4-2-8-22-12-18;2*3-2(4,5)1(6)7/h2-5,8,11-12,19H,6-7,9-10,13-17H2,1H3;2*(H,6,7). The molecule has 0 saturated carbocycles. The van der Waals surface area contributed by atoms with Crippen molar-refractivity contribution in [3.8, 4) is 0 Å². The van der Waals surface area contributed by atoms with E-state index in [2.05, 4.69) is 38.4 Å². The van der Waals surface area contributed by atoms with Gasteiger partial charge in [0.1, 0.15) is 0 Å². The summed E-state index contributed by atoms with van der Waals surface area (Å²) >= 11 is 1.87. The van der Waals surface area contributed by atoms with Gasteiger partial charge in [-0.3, -0.25) is 14.8 Å². The van der Waals surface area contributed by atoms with Gasteiger partial charge in [0, 0.05) is 56.5 Å². The van der Waals surface area contributed by atoms with Crippen molar-refractivity contribution in [3.63, 3.8) is 0 Å². The molecule has 15 heteroatoms. The molecular weight excluding hydrogens is 568 g/mol. The molecule has 4 rings (SSSR count). The van der Waals surface area contributed by atoms with Gasteiger partial charge in [-0.1, -0.05) is 12.1 Å². The number of halogens is 6. The van der Waals surface area contributed by atoms with Gasteiger partial charge in [-0.2, -0.15) is 26.3 Å². The summed E-state index contributed by atoms with van der Waals surface area (Å²) in [7, 11) is 1.85. The molecule has 0 aromatic carbocycles. The Balaban J connectivity index is 0.000000333. The van der Waals surface area contributed by atoms with Gasteiger partial charge in [0.25, 0.3) is 0 Å². The van der Waals surface area contributed by atoms with E-state index in [9.17, 15) is 26.3 Å². The fourth-order valence-electron chi connectivity index (χ4n) is 4.79. The van der Waals surface area contributed by atoms with E-state index in [4.69, 9.17) is 24.5 Å². The van der Waals surface area contributed by atoms with Crippen molar-refractivity contribution in [1.29, 1.82) is 0 Å². The predicted molar refractivity (Wildman–Crippen MR) is 134 cm³/mol. The third-order valence-corrected chi connectivity index (χ3v) is 7.54. The van der Waals surface area contributed by atoms with Crippen LogP contribution in [-0.2, 0) is 27.4 Å². The summed E-state index contributed by atoms with van der Waals surface area (Å²) in [6.07, 6.45) is -3.76. The van der Waals surface area contributed by atoms with Crippen LogP contribution < -0.4 is 0 Å². The van der Waals surface area contributed by atoms with E-state index in [1.54, 1.807) is 0 Å². The van der Waals surface area contributed by atoms with Crippen LogP contribution in [0.25, 0.3) is 0 Å². The SMILES string of the molecule is COCC1CN(Cc2cccs2)CC12CCN(Cc1cccnc1)CC2.O=C(O)C(F)(F)F.O=C(O)C(F)(F)F. The average molecular weight is 600 g/mol. The number of methoxy groups -OCH3 is 1. The topological polar surface area (TPSA) is 103 Å². The number of pyridine rings is 1. The largest absolute Gasteiger partial charge is 0.490 e. The number of hydrogen-bond donors (Lipinski definition) is 2. The van der Waals surface area contributed by atoms with Gasteiger partial charge >= 0.3 is 24.3 Å². The van der Waals surface area contributed by atoms with Crippen molar-refractivity contribution in [2.24, 2.45) is 11.3 Å². The molecule has 2 saturated heterocycles. The Morgan fingerprint density at radius 1 is 1.02 bits per heavy atom. The second-order valence-corrected chi connectivity index (χ2v) is 10.5. The number of hydrogen-bond acceptors (Lipinski definition) is 7. The first-order valence-electron chi connectivity index (χ1n) is 12.1. The summed E-state index contributed by atoms with van der Waals surface area (Å²) in [5.41, 5.74) is 1.75. The highest BCUT2D eigenvalue weighted by Gasteiger charge is 2.47. The van der Waals surface area contributed by atoms with Crippen LogP contribution in [0, 0.1) is 11.3 Å². The minimum atomic E-state index is -5.08. The van der Waals surface area contributed by atoms with Gasteiger partial charge in [-0.15, -0.1) is 11.3 Å². The predicted octanol–water partition coefficient (Wildman–Crippen LogP) is 4.77. The summed E-state index contributed by atoms with van der Waals surface area (Å²) in [6, 6.07) is 8.64. The lowest BCUT2D eigenvalue weighted by atomic mass is 9.71. The molecule has 40 heavy (non-hydrogen) atoms. The monoisotopic (exact) mass is 599 g/mol. The van der Waals surface area contributed by atoms with Crippen LogP contribution in [0.15, 0.2) is 42.0 Å². The lowest BCUT2D eigenvalue weighted by Crippen LogP contribution is -2.44. The van der Waals surface area contributed by atoms with Crippen LogP contribution in [0.2, 0.25) is 0 Å². The summed E-state index contributed by atoms with van der Waals surface area (Å²) < 4.78 is 69.1. The van der Waals surface area contributed by atoms with E-state index in [0.29, 0.717) is 11.3 Å². The molecule has 8 nitrogen and oxygen atoms in total. The summed E-state index contributed by atoms with van der Waals surface area (Å²) in [6.45, 7) is 7.78. The van der Waals surface area contributed by atoms with Crippen LogP contribution >= 0.6 is 11.3 Å². The number of piperidine rings is 1. The van der Waals surface area contributed by atoms with Crippen molar-refractivity contribution < 1.29 is 50.9 Å². The molecule has 2 aromatic rings. The van der Waals surface area contributed by atoms with Crippen molar-refractivity contribution in [3.05, 3.63) is 52.5 Å². The zero-order valence-electron chi connectivity index (χ0n) is 21.6.